The fourth-order valence-corrected chi connectivity index (χ4v) is 2.26. The lowest BCUT2D eigenvalue weighted by Crippen LogP contribution is -1.98. The van der Waals surface area contributed by atoms with Crippen molar-refractivity contribution in [1.29, 1.82) is 0 Å². The quantitative estimate of drug-likeness (QED) is 0.610. The van der Waals surface area contributed by atoms with Crippen molar-refractivity contribution in [2.75, 3.05) is 0 Å². The molecule has 2 aromatic rings. The second-order valence-corrected chi connectivity index (χ2v) is 4.73. The van der Waals surface area contributed by atoms with E-state index in [2.05, 4.69) is 0 Å². The van der Waals surface area contributed by atoms with Gasteiger partial charge in [0.25, 0.3) is 0 Å². The molecule has 0 aliphatic carbocycles. The van der Waals surface area contributed by atoms with Gasteiger partial charge in [0.2, 0.25) is 0 Å². The number of hydrogen-bond acceptors (Lipinski definition) is 2. The maximum atomic E-state index is 12.8. The molecule has 2 nitrogen and oxygen atoms in total. The molecular weight excluding hydrogens is 255 g/mol. The first-order chi connectivity index (χ1) is 9.72. The van der Waals surface area contributed by atoms with Crippen LogP contribution in [0.15, 0.2) is 60.2 Å². The minimum absolute atomic E-state index is 0.226. The third-order valence-corrected chi connectivity index (χ3v) is 3.30. The average molecular weight is 268 g/mol. The van der Waals surface area contributed by atoms with Crippen LogP contribution in [0.25, 0.3) is 6.08 Å². The van der Waals surface area contributed by atoms with Crippen molar-refractivity contribution >= 4 is 12.0 Å². The molecule has 1 fully saturated rings. The van der Waals surface area contributed by atoms with Gasteiger partial charge >= 0.3 is 5.97 Å². The third-order valence-electron chi connectivity index (χ3n) is 3.30. The predicted molar refractivity (Wildman–Crippen MR) is 74.3 cm³/mol. The number of carbonyl (C=O) groups is 1. The van der Waals surface area contributed by atoms with Gasteiger partial charge in [-0.15, -0.1) is 0 Å². The molecule has 0 spiro atoms. The SMILES string of the molecule is O=C1OC(c2ccccc2)C/C1=C/c1ccc(F)cc1. The van der Waals surface area contributed by atoms with E-state index in [0.717, 1.165) is 11.1 Å². The maximum Gasteiger partial charge on any atom is 0.334 e. The zero-order chi connectivity index (χ0) is 13.9. The minimum Gasteiger partial charge on any atom is -0.454 e. The van der Waals surface area contributed by atoms with E-state index in [1.54, 1.807) is 18.2 Å². The molecule has 1 heterocycles. The van der Waals surface area contributed by atoms with Crippen LogP contribution in [0.5, 0.6) is 0 Å². The summed E-state index contributed by atoms with van der Waals surface area (Å²) in [5, 5.41) is 0. The number of benzene rings is 2. The topological polar surface area (TPSA) is 26.3 Å². The summed E-state index contributed by atoms with van der Waals surface area (Å²) in [6.45, 7) is 0. The van der Waals surface area contributed by atoms with Gasteiger partial charge < -0.3 is 4.74 Å². The monoisotopic (exact) mass is 268 g/mol. The zero-order valence-corrected chi connectivity index (χ0v) is 10.8. The van der Waals surface area contributed by atoms with Gasteiger partial charge in [-0.05, 0) is 29.3 Å². The van der Waals surface area contributed by atoms with Crippen LogP contribution in [-0.4, -0.2) is 5.97 Å². The van der Waals surface area contributed by atoms with Crippen LogP contribution in [0.1, 0.15) is 23.7 Å². The molecular formula is C17H13FO2. The molecule has 0 N–H and O–H groups in total. The van der Waals surface area contributed by atoms with E-state index in [1.807, 2.05) is 30.3 Å². The first-order valence-electron chi connectivity index (χ1n) is 6.44. The Bertz CT molecular complexity index is 644. The highest BCUT2D eigenvalue weighted by molar-refractivity contribution is 5.95. The molecule has 0 radical (unpaired) electrons. The molecule has 1 atom stereocenters. The summed E-state index contributed by atoms with van der Waals surface area (Å²) in [7, 11) is 0. The van der Waals surface area contributed by atoms with Crippen LogP contribution < -0.4 is 0 Å². The summed E-state index contributed by atoms with van der Waals surface area (Å²) in [5.41, 5.74) is 2.40. The van der Waals surface area contributed by atoms with E-state index in [4.69, 9.17) is 4.74 Å². The molecule has 1 aliphatic heterocycles. The van der Waals surface area contributed by atoms with Gasteiger partial charge in [-0.25, -0.2) is 9.18 Å². The summed E-state index contributed by atoms with van der Waals surface area (Å²) in [4.78, 5) is 11.9. The number of ether oxygens (including phenoxy) is 1. The molecule has 3 rings (SSSR count). The fourth-order valence-electron chi connectivity index (χ4n) is 2.26. The summed E-state index contributed by atoms with van der Waals surface area (Å²) in [6.07, 6.45) is 2.07. The molecule has 3 heteroatoms. The van der Waals surface area contributed by atoms with E-state index in [9.17, 15) is 9.18 Å². The first kappa shape index (κ1) is 12.6. The van der Waals surface area contributed by atoms with Crippen molar-refractivity contribution in [2.24, 2.45) is 0 Å². The number of cyclic esters (lactones) is 1. The zero-order valence-electron chi connectivity index (χ0n) is 10.8. The van der Waals surface area contributed by atoms with Gasteiger partial charge in [0.15, 0.2) is 0 Å². The summed E-state index contributed by atoms with van der Waals surface area (Å²) < 4.78 is 18.2. The van der Waals surface area contributed by atoms with Crippen LogP contribution >= 0.6 is 0 Å². The van der Waals surface area contributed by atoms with Crippen LogP contribution in [-0.2, 0) is 9.53 Å². The molecule has 0 amide bonds. The summed E-state index contributed by atoms with van der Waals surface area (Å²) in [6, 6.07) is 15.7. The van der Waals surface area contributed by atoms with Crippen LogP contribution in [0.2, 0.25) is 0 Å². The summed E-state index contributed by atoms with van der Waals surface area (Å²) in [5.74, 6) is -0.591. The smallest absolute Gasteiger partial charge is 0.334 e. The second-order valence-electron chi connectivity index (χ2n) is 4.73. The number of esters is 1. The largest absolute Gasteiger partial charge is 0.454 e. The number of rotatable bonds is 2. The highest BCUT2D eigenvalue weighted by Crippen LogP contribution is 2.33. The van der Waals surface area contributed by atoms with Crippen molar-refractivity contribution in [3.63, 3.8) is 0 Å². The number of hydrogen-bond donors (Lipinski definition) is 0. The minimum atomic E-state index is -0.303. The molecule has 100 valence electrons. The predicted octanol–water partition coefficient (Wildman–Crippen LogP) is 3.90. The van der Waals surface area contributed by atoms with E-state index in [-0.39, 0.29) is 17.9 Å². The Morgan fingerprint density at radius 2 is 1.75 bits per heavy atom. The first-order valence-corrected chi connectivity index (χ1v) is 6.44. The van der Waals surface area contributed by atoms with E-state index in [0.29, 0.717) is 12.0 Å². The van der Waals surface area contributed by atoms with Gasteiger partial charge in [-0.1, -0.05) is 42.5 Å². The van der Waals surface area contributed by atoms with Crippen molar-refractivity contribution < 1.29 is 13.9 Å². The molecule has 1 saturated heterocycles. The molecule has 0 saturated carbocycles. The van der Waals surface area contributed by atoms with Gasteiger partial charge in [0, 0.05) is 12.0 Å². The molecule has 1 aliphatic rings. The lowest BCUT2D eigenvalue weighted by Gasteiger charge is -2.07. The van der Waals surface area contributed by atoms with Crippen LogP contribution in [0.4, 0.5) is 4.39 Å². The van der Waals surface area contributed by atoms with E-state index in [1.165, 1.54) is 12.1 Å². The van der Waals surface area contributed by atoms with E-state index < -0.39 is 0 Å². The summed E-state index contributed by atoms with van der Waals surface area (Å²) >= 11 is 0. The van der Waals surface area contributed by atoms with Crippen LogP contribution in [0.3, 0.4) is 0 Å². The van der Waals surface area contributed by atoms with Gasteiger partial charge in [0.05, 0.1) is 0 Å². The highest BCUT2D eigenvalue weighted by Gasteiger charge is 2.29. The highest BCUT2D eigenvalue weighted by atomic mass is 19.1. The van der Waals surface area contributed by atoms with Gasteiger partial charge in [-0.3, -0.25) is 0 Å². The Kier molecular flexibility index (Phi) is 3.33. The standard InChI is InChI=1S/C17H13FO2/c18-15-8-6-12(7-9-15)10-14-11-16(20-17(14)19)13-4-2-1-3-5-13/h1-10,16H,11H2/b14-10-. The Labute approximate surface area is 116 Å². The lowest BCUT2D eigenvalue weighted by atomic mass is 10.0. The van der Waals surface area contributed by atoms with Crippen molar-refractivity contribution in [3.05, 3.63) is 77.1 Å². The number of carbonyl (C=O) groups excluding carboxylic acids is 1. The molecule has 1 unspecified atom stereocenters. The average Bonchev–Trinajstić information content (AvgIpc) is 2.84. The molecule has 2 aromatic carbocycles. The van der Waals surface area contributed by atoms with Crippen molar-refractivity contribution in [3.8, 4) is 0 Å². The molecule has 0 bridgehead atoms. The molecule has 20 heavy (non-hydrogen) atoms. The second kappa shape index (κ2) is 5.29. The lowest BCUT2D eigenvalue weighted by molar-refractivity contribution is -0.139. The molecule has 0 aromatic heterocycles. The number of halogens is 1. The fraction of sp³-hybridized carbons (Fsp3) is 0.118. The normalized spacial score (nSPS) is 20.1. The Hall–Kier alpha value is -2.42. The Balaban J connectivity index is 1.82. The Morgan fingerprint density at radius 1 is 1.05 bits per heavy atom. The third kappa shape index (κ3) is 2.62. The van der Waals surface area contributed by atoms with Gasteiger partial charge in [0.1, 0.15) is 11.9 Å². The van der Waals surface area contributed by atoms with Crippen LogP contribution in [0, 0.1) is 5.82 Å². The Morgan fingerprint density at radius 3 is 2.45 bits per heavy atom. The van der Waals surface area contributed by atoms with Gasteiger partial charge in [-0.2, -0.15) is 0 Å². The van der Waals surface area contributed by atoms with Crippen molar-refractivity contribution in [1.82, 2.24) is 0 Å². The maximum absolute atomic E-state index is 12.8. The van der Waals surface area contributed by atoms with E-state index >= 15 is 0 Å². The van der Waals surface area contributed by atoms with Crippen molar-refractivity contribution in [2.45, 2.75) is 12.5 Å².